The molecular formula is C13H15F3N2O2S. The molecule has 4 nitrogen and oxygen atoms in total. The van der Waals surface area contributed by atoms with Gasteiger partial charge in [-0.1, -0.05) is 24.4 Å². The molecule has 2 N–H and O–H groups in total. The van der Waals surface area contributed by atoms with E-state index >= 15 is 0 Å². The van der Waals surface area contributed by atoms with E-state index in [1.807, 2.05) is 0 Å². The molecule has 0 aromatic heterocycles. The maximum atomic E-state index is 12.1. The molecule has 0 radical (unpaired) electrons. The topological polar surface area (TPSA) is 47.7 Å². The van der Waals surface area contributed by atoms with Crippen LogP contribution in [0.3, 0.4) is 0 Å². The van der Waals surface area contributed by atoms with Crippen molar-refractivity contribution in [2.45, 2.75) is 19.0 Å². The fourth-order valence-corrected chi connectivity index (χ4v) is 2.22. The van der Waals surface area contributed by atoms with Crippen molar-refractivity contribution in [3.05, 3.63) is 29.8 Å². The molecule has 0 saturated carbocycles. The standard InChI is InChI=1S/C13H15F3N2O2S/c14-13(15,16)20-10-3-1-9(2-4-10)7-18-5-6-19-11(8-18)12(17)21/h1-4,11H,5-8H2,(H2,17,21). The van der Waals surface area contributed by atoms with E-state index in [1.54, 1.807) is 12.1 Å². The van der Waals surface area contributed by atoms with Crippen LogP contribution < -0.4 is 10.5 Å². The Bertz CT molecular complexity index is 493. The van der Waals surface area contributed by atoms with Gasteiger partial charge in [0, 0.05) is 19.6 Å². The molecule has 0 spiro atoms. The molecule has 2 rings (SSSR count). The van der Waals surface area contributed by atoms with Gasteiger partial charge < -0.3 is 15.2 Å². The maximum absolute atomic E-state index is 12.1. The van der Waals surface area contributed by atoms with Crippen molar-refractivity contribution in [2.24, 2.45) is 5.73 Å². The number of hydrogen-bond donors (Lipinski definition) is 1. The zero-order valence-electron chi connectivity index (χ0n) is 11.1. The van der Waals surface area contributed by atoms with E-state index in [-0.39, 0.29) is 11.9 Å². The Hall–Kier alpha value is -1.38. The minimum absolute atomic E-state index is 0.228. The Balaban J connectivity index is 1.92. The normalized spacial score (nSPS) is 20.2. The lowest BCUT2D eigenvalue weighted by Gasteiger charge is -2.32. The third kappa shape index (κ3) is 5.14. The Morgan fingerprint density at radius 1 is 1.38 bits per heavy atom. The second kappa shape index (κ2) is 6.59. The highest BCUT2D eigenvalue weighted by molar-refractivity contribution is 7.80. The first-order valence-corrected chi connectivity index (χ1v) is 6.72. The summed E-state index contributed by atoms with van der Waals surface area (Å²) in [5, 5.41) is 0. The Labute approximate surface area is 125 Å². The quantitative estimate of drug-likeness (QED) is 0.861. The van der Waals surface area contributed by atoms with Crippen LogP contribution in [0.15, 0.2) is 24.3 Å². The summed E-state index contributed by atoms with van der Waals surface area (Å²) >= 11 is 4.90. The molecule has 21 heavy (non-hydrogen) atoms. The molecule has 0 bridgehead atoms. The van der Waals surface area contributed by atoms with Crippen LogP contribution in [-0.4, -0.2) is 42.1 Å². The molecule has 0 aliphatic carbocycles. The third-order valence-corrected chi connectivity index (χ3v) is 3.29. The van der Waals surface area contributed by atoms with E-state index in [0.717, 1.165) is 12.1 Å². The van der Waals surface area contributed by atoms with Crippen LogP contribution >= 0.6 is 12.2 Å². The van der Waals surface area contributed by atoms with Crippen molar-refractivity contribution in [3.63, 3.8) is 0 Å². The molecule has 1 aromatic carbocycles. The molecule has 1 aromatic rings. The van der Waals surface area contributed by atoms with Gasteiger partial charge in [-0.15, -0.1) is 13.2 Å². The van der Waals surface area contributed by atoms with Gasteiger partial charge in [0.05, 0.1) is 6.61 Å². The molecule has 1 unspecified atom stereocenters. The van der Waals surface area contributed by atoms with Crippen molar-refractivity contribution < 1.29 is 22.6 Å². The lowest BCUT2D eigenvalue weighted by atomic mass is 10.2. The predicted molar refractivity (Wildman–Crippen MR) is 74.9 cm³/mol. The van der Waals surface area contributed by atoms with E-state index < -0.39 is 6.36 Å². The summed E-state index contributed by atoms with van der Waals surface area (Å²) in [5.41, 5.74) is 6.44. The maximum Gasteiger partial charge on any atom is 0.573 e. The molecule has 1 saturated heterocycles. The number of nitrogens with zero attached hydrogens (tertiary/aromatic N) is 1. The lowest BCUT2D eigenvalue weighted by Crippen LogP contribution is -2.47. The molecular weight excluding hydrogens is 305 g/mol. The van der Waals surface area contributed by atoms with Gasteiger partial charge in [0.15, 0.2) is 0 Å². The summed E-state index contributed by atoms with van der Waals surface area (Å²) < 4.78 is 45.5. The van der Waals surface area contributed by atoms with Gasteiger partial charge in [0.25, 0.3) is 0 Å². The van der Waals surface area contributed by atoms with Crippen LogP contribution in [0.5, 0.6) is 5.75 Å². The van der Waals surface area contributed by atoms with Gasteiger partial charge in [-0.05, 0) is 17.7 Å². The highest BCUT2D eigenvalue weighted by Crippen LogP contribution is 2.23. The molecule has 1 aliphatic heterocycles. The second-order valence-electron chi connectivity index (χ2n) is 4.69. The second-order valence-corrected chi connectivity index (χ2v) is 5.16. The zero-order valence-corrected chi connectivity index (χ0v) is 11.9. The highest BCUT2D eigenvalue weighted by Gasteiger charge is 2.31. The van der Waals surface area contributed by atoms with Crippen LogP contribution in [0.1, 0.15) is 5.56 Å². The minimum Gasteiger partial charge on any atom is -0.406 e. The number of halogens is 3. The van der Waals surface area contributed by atoms with Crippen molar-refractivity contribution >= 4 is 17.2 Å². The third-order valence-electron chi connectivity index (χ3n) is 3.03. The summed E-state index contributed by atoms with van der Waals surface area (Å²) in [7, 11) is 0. The fourth-order valence-electron chi connectivity index (χ4n) is 2.07. The molecule has 116 valence electrons. The average Bonchev–Trinajstić information content (AvgIpc) is 2.40. The predicted octanol–water partition coefficient (Wildman–Crippen LogP) is 2.07. The first kappa shape index (κ1) is 16.0. The average molecular weight is 320 g/mol. The Morgan fingerprint density at radius 3 is 2.62 bits per heavy atom. The number of alkyl halides is 3. The molecule has 0 amide bonds. The SMILES string of the molecule is NC(=S)C1CN(Cc2ccc(OC(F)(F)F)cc2)CCO1. The smallest absolute Gasteiger partial charge is 0.406 e. The zero-order chi connectivity index (χ0) is 15.5. The minimum atomic E-state index is -4.67. The number of morpholine rings is 1. The molecule has 8 heteroatoms. The van der Waals surface area contributed by atoms with E-state index in [9.17, 15) is 13.2 Å². The van der Waals surface area contributed by atoms with Crippen molar-refractivity contribution in [1.29, 1.82) is 0 Å². The largest absolute Gasteiger partial charge is 0.573 e. The van der Waals surface area contributed by atoms with Crippen LogP contribution in [0.25, 0.3) is 0 Å². The monoisotopic (exact) mass is 320 g/mol. The molecule has 1 heterocycles. The molecule has 1 atom stereocenters. The fraction of sp³-hybridized carbons (Fsp3) is 0.462. The van der Waals surface area contributed by atoms with Crippen molar-refractivity contribution in [3.8, 4) is 5.75 Å². The summed E-state index contributed by atoms with van der Waals surface area (Å²) in [4.78, 5) is 2.40. The van der Waals surface area contributed by atoms with Crippen molar-refractivity contribution in [2.75, 3.05) is 19.7 Å². The Morgan fingerprint density at radius 2 is 2.05 bits per heavy atom. The first-order valence-electron chi connectivity index (χ1n) is 6.31. The number of benzene rings is 1. The number of rotatable bonds is 4. The van der Waals surface area contributed by atoms with Gasteiger partial charge in [0.1, 0.15) is 16.8 Å². The first-order chi connectivity index (χ1) is 9.83. The van der Waals surface area contributed by atoms with Gasteiger partial charge in [-0.2, -0.15) is 0 Å². The van der Waals surface area contributed by atoms with Crippen LogP contribution in [0, 0.1) is 0 Å². The summed E-state index contributed by atoms with van der Waals surface area (Å²) in [6.07, 6.45) is -4.95. The number of thiocarbonyl (C=S) groups is 1. The number of hydrogen-bond acceptors (Lipinski definition) is 4. The van der Waals surface area contributed by atoms with Gasteiger partial charge in [-0.3, -0.25) is 4.90 Å². The van der Waals surface area contributed by atoms with Gasteiger partial charge in [-0.25, -0.2) is 0 Å². The van der Waals surface area contributed by atoms with E-state index in [0.29, 0.717) is 24.7 Å². The van der Waals surface area contributed by atoms with E-state index in [2.05, 4.69) is 9.64 Å². The van der Waals surface area contributed by atoms with E-state index in [1.165, 1.54) is 12.1 Å². The highest BCUT2D eigenvalue weighted by atomic mass is 32.1. The van der Waals surface area contributed by atoms with Gasteiger partial charge in [0.2, 0.25) is 0 Å². The lowest BCUT2D eigenvalue weighted by molar-refractivity contribution is -0.274. The summed E-state index contributed by atoms with van der Waals surface area (Å²) in [5.74, 6) is -0.228. The number of ether oxygens (including phenoxy) is 2. The molecule has 1 fully saturated rings. The number of nitrogens with two attached hydrogens (primary N) is 1. The van der Waals surface area contributed by atoms with Crippen LogP contribution in [0.4, 0.5) is 13.2 Å². The van der Waals surface area contributed by atoms with Gasteiger partial charge >= 0.3 is 6.36 Å². The Kier molecular flexibility index (Phi) is 5.02. The van der Waals surface area contributed by atoms with Crippen molar-refractivity contribution in [1.82, 2.24) is 4.90 Å². The summed E-state index contributed by atoms with van der Waals surface area (Å²) in [6, 6.07) is 5.81. The summed E-state index contributed by atoms with van der Waals surface area (Å²) in [6.45, 7) is 2.42. The molecule has 1 aliphatic rings. The van der Waals surface area contributed by atoms with E-state index in [4.69, 9.17) is 22.7 Å². The van der Waals surface area contributed by atoms with Crippen LogP contribution in [-0.2, 0) is 11.3 Å². The van der Waals surface area contributed by atoms with Crippen LogP contribution in [0.2, 0.25) is 0 Å².